The Labute approximate surface area is 129 Å². The Morgan fingerprint density at radius 2 is 1.81 bits per heavy atom. The van der Waals surface area contributed by atoms with Gasteiger partial charge in [-0.1, -0.05) is 17.7 Å². The van der Waals surface area contributed by atoms with E-state index in [1.807, 2.05) is 30.3 Å². The molecule has 0 aliphatic carbocycles. The first-order valence-corrected chi connectivity index (χ1v) is 7.26. The number of hydrogen-bond donors (Lipinski definition) is 0. The fraction of sp³-hybridized carbons (Fsp3) is 0.250. The van der Waals surface area contributed by atoms with Crippen LogP contribution in [0.3, 0.4) is 0 Å². The minimum Gasteiger partial charge on any atom is -0.368 e. The zero-order valence-corrected chi connectivity index (χ0v) is 12.3. The lowest BCUT2D eigenvalue weighted by Gasteiger charge is -2.37. The maximum atomic E-state index is 9.15. The van der Waals surface area contributed by atoms with Crippen molar-refractivity contribution in [2.45, 2.75) is 0 Å². The van der Waals surface area contributed by atoms with Crippen molar-refractivity contribution in [3.63, 3.8) is 0 Å². The van der Waals surface area contributed by atoms with Gasteiger partial charge in [0.1, 0.15) is 6.07 Å². The molecule has 0 unspecified atom stereocenters. The highest BCUT2D eigenvalue weighted by Gasteiger charge is 2.19. The molecule has 1 aliphatic rings. The van der Waals surface area contributed by atoms with Gasteiger partial charge in [-0.25, -0.2) is 4.98 Å². The predicted octanol–water partition coefficient (Wildman–Crippen LogP) is 2.93. The molecule has 4 nitrogen and oxygen atoms in total. The molecule has 1 aromatic carbocycles. The van der Waals surface area contributed by atoms with E-state index in [9.17, 15) is 0 Å². The largest absolute Gasteiger partial charge is 0.368 e. The summed E-state index contributed by atoms with van der Waals surface area (Å²) < 4.78 is 0. The summed E-state index contributed by atoms with van der Waals surface area (Å²) in [5, 5.41) is 9.90. The Morgan fingerprint density at radius 3 is 2.52 bits per heavy atom. The molecule has 1 saturated heterocycles. The van der Waals surface area contributed by atoms with Gasteiger partial charge in [-0.15, -0.1) is 0 Å². The maximum Gasteiger partial charge on any atom is 0.163 e. The molecule has 5 heteroatoms. The van der Waals surface area contributed by atoms with Crippen molar-refractivity contribution >= 4 is 23.0 Å². The second-order valence-electron chi connectivity index (χ2n) is 4.94. The van der Waals surface area contributed by atoms with Gasteiger partial charge in [0.05, 0.1) is 5.69 Å². The van der Waals surface area contributed by atoms with Crippen molar-refractivity contribution in [3.05, 3.63) is 53.3 Å². The zero-order chi connectivity index (χ0) is 14.7. The van der Waals surface area contributed by atoms with Gasteiger partial charge in [0, 0.05) is 43.1 Å². The standard InChI is InChI=1S/C16H15ClN4/c17-13-3-1-4-14(11-13)20-7-9-21(10-8-20)16-5-2-6-19-15(16)12-18/h1-6,11H,7-10H2. The van der Waals surface area contributed by atoms with Gasteiger partial charge in [-0.3, -0.25) is 0 Å². The minimum absolute atomic E-state index is 0.494. The van der Waals surface area contributed by atoms with Crippen molar-refractivity contribution in [1.82, 2.24) is 4.98 Å². The second-order valence-corrected chi connectivity index (χ2v) is 5.37. The van der Waals surface area contributed by atoms with Gasteiger partial charge >= 0.3 is 0 Å². The average Bonchev–Trinajstić information content (AvgIpc) is 2.55. The molecule has 0 atom stereocenters. The molecule has 1 aliphatic heterocycles. The molecule has 0 N–H and O–H groups in total. The highest BCUT2D eigenvalue weighted by Crippen LogP contribution is 2.24. The number of rotatable bonds is 2. The van der Waals surface area contributed by atoms with E-state index in [4.69, 9.17) is 16.9 Å². The van der Waals surface area contributed by atoms with Gasteiger partial charge in [-0.05, 0) is 30.3 Å². The number of nitrogens with zero attached hydrogens (tertiary/aromatic N) is 4. The average molecular weight is 299 g/mol. The molecule has 1 aromatic heterocycles. The van der Waals surface area contributed by atoms with Crippen LogP contribution in [0.2, 0.25) is 5.02 Å². The van der Waals surface area contributed by atoms with Gasteiger partial charge in [0.25, 0.3) is 0 Å². The van der Waals surface area contributed by atoms with E-state index in [2.05, 4.69) is 26.9 Å². The highest BCUT2D eigenvalue weighted by molar-refractivity contribution is 6.30. The fourth-order valence-electron chi connectivity index (χ4n) is 2.62. The Morgan fingerprint density at radius 1 is 1.05 bits per heavy atom. The van der Waals surface area contributed by atoms with Crippen LogP contribution < -0.4 is 9.80 Å². The third-order valence-corrected chi connectivity index (χ3v) is 3.92. The molecule has 0 amide bonds. The first-order valence-electron chi connectivity index (χ1n) is 6.88. The van der Waals surface area contributed by atoms with Crippen molar-refractivity contribution < 1.29 is 0 Å². The Bertz CT molecular complexity index is 672. The molecule has 106 valence electrons. The van der Waals surface area contributed by atoms with E-state index < -0.39 is 0 Å². The van der Waals surface area contributed by atoms with E-state index in [-0.39, 0.29) is 0 Å². The Kier molecular flexibility index (Phi) is 3.94. The smallest absolute Gasteiger partial charge is 0.163 e. The van der Waals surface area contributed by atoms with Crippen molar-refractivity contribution in [3.8, 4) is 6.07 Å². The van der Waals surface area contributed by atoms with E-state index in [0.29, 0.717) is 5.69 Å². The SMILES string of the molecule is N#Cc1ncccc1N1CCN(c2cccc(Cl)c2)CC1. The number of nitriles is 1. The molecule has 0 saturated carbocycles. The van der Waals surface area contributed by atoms with E-state index in [0.717, 1.165) is 42.6 Å². The molecule has 0 spiro atoms. The molecule has 2 aromatic rings. The summed E-state index contributed by atoms with van der Waals surface area (Å²) in [7, 11) is 0. The lowest BCUT2D eigenvalue weighted by atomic mass is 10.2. The van der Waals surface area contributed by atoms with Gasteiger partial charge in [-0.2, -0.15) is 5.26 Å². The number of piperazine rings is 1. The zero-order valence-electron chi connectivity index (χ0n) is 11.5. The number of pyridine rings is 1. The summed E-state index contributed by atoms with van der Waals surface area (Å²) in [6.45, 7) is 3.54. The maximum absolute atomic E-state index is 9.15. The monoisotopic (exact) mass is 298 g/mol. The molecule has 2 heterocycles. The molecule has 21 heavy (non-hydrogen) atoms. The van der Waals surface area contributed by atoms with E-state index >= 15 is 0 Å². The predicted molar refractivity (Wildman–Crippen MR) is 84.8 cm³/mol. The third kappa shape index (κ3) is 2.93. The number of hydrogen-bond acceptors (Lipinski definition) is 4. The molecule has 0 radical (unpaired) electrons. The number of halogens is 1. The van der Waals surface area contributed by atoms with E-state index in [1.165, 1.54) is 0 Å². The molecule has 3 rings (SSSR count). The Hall–Kier alpha value is -2.25. The molecule has 0 bridgehead atoms. The van der Waals surface area contributed by atoms with Crippen LogP contribution in [0.5, 0.6) is 0 Å². The van der Waals surface area contributed by atoms with Crippen molar-refractivity contribution in [2.24, 2.45) is 0 Å². The van der Waals surface area contributed by atoms with E-state index in [1.54, 1.807) is 6.20 Å². The van der Waals surface area contributed by atoms with Crippen LogP contribution in [0.25, 0.3) is 0 Å². The topological polar surface area (TPSA) is 43.2 Å². The fourth-order valence-corrected chi connectivity index (χ4v) is 2.80. The van der Waals surface area contributed by atoms with Gasteiger partial charge in [0.15, 0.2) is 5.69 Å². The number of anilines is 2. The first-order chi connectivity index (χ1) is 10.3. The van der Waals surface area contributed by atoms with Crippen molar-refractivity contribution in [1.29, 1.82) is 5.26 Å². The van der Waals surface area contributed by atoms with Gasteiger partial charge in [0.2, 0.25) is 0 Å². The molecular formula is C16H15ClN4. The lowest BCUT2D eigenvalue weighted by Crippen LogP contribution is -2.46. The molecule has 1 fully saturated rings. The van der Waals surface area contributed by atoms with Crippen LogP contribution in [-0.2, 0) is 0 Å². The van der Waals surface area contributed by atoms with Crippen LogP contribution in [0.1, 0.15) is 5.69 Å². The minimum atomic E-state index is 0.494. The summed E-state index contributed by atoms with van der Waals surface area (Å²) in [6.07, 6.45) is 1.66. The second kappa shape index (κ2) is 6.02. The van der Waals surface area contributed by atoms with Crippen LogP contribution in [0, 0.1) is 11.3 Å². The normalized spacial score (nSPS) is 14.9. The van der Waals surface area contributed by atoms with Crippen LogP contribution in [0.15, 0.2) is 42.6 Å². The summed E-state index contributed by atoms with van der Waals surface area (Å²) in [5.41, 5.74) is 2.56. The number of benzene rings is 1. The number of aromatic nitrogens is 1. The molecular weight excluding hydrogens is 284 g/mol. The van der Waals surface area contributed by atoms with Crippen molar-refractivity contribution in [2.75, 3.05) is 36.0 Å². The summed E-state index contributed by atoms with van der Waals surface area (Å²) >= 11 is 6.05. The highest BCUT2D eigenvalue weighted by atomic mass is 35.5. The first kappa shape index (κ1) is 13.7. The van der Waals surface area contributed by atoms with Gasteiger partial charge < -0.3 is 9.80 Å². The van der Waals surface area contributed by atoms with Crippen LogP contribution >= 0.6 is 11.6 Å². The van der Waals surface area contributed by atoms with Crippen LogP contribution in [0.4, 0.5) is 11.4 Å². The summed E-state index contributed by atoms with van der Waals surface area (Å²) in [5.74, 6) is 0. The van der Waals surface area contributed by atoms with Crippen LogP contribution in [-0.4, -0.2) is 31.2 Å². The summed E-state index contributed by atoms with van der Waals surface area (Å²) in [6, 6.07) is 13.9. The Balaban J connectivity index is 1.72. The third-order valence-electron chi connectivity index (χ3n) is 3.69. The summed E-state index contributed by atoms with van der Waals surface area (Å²) in [4.78, 5) is 8.65. The quantitative estimate of drug-likeness (QED) is 0.855. The lowest BCUT2D eigenvalue weighted by molar-refractivity contribution is 0.652.